The molecule has 1 saturated heterocycles. The summed E-state index contributed by atoms with van der Waals surface area (Å²) in [4.78, 5) is 52.9. The van der Waals surface area contributed by atoms with Crippen molar-refractivity contribution in [2.75, 3.05) is 23.3 Å². The second-order valence-electron chi connectivity index (χ2n) is 8.09. The highest BCUT2D eigenvalue weighted by Crippen LogP contribution is 2.30. The van der Waals surface area contributed by atoms with Gasteiger partial charge in [0.25, 0.3) is 5.91 Å². The summed E-state index contributed by atoms with van der Waals surface area (Å²) in [5, 5.41) is 10.6. The van der Waals surface area contributed by atoms with Crippen LogP contribution in [0.5, 0.6) is 0 Å². The molecule has 0 spiro atoms. The van der Waals surface area contributed by atoms with E-state index < -0.39 is 35.5 Å². The van der Waals surface area contributed by atoms with Gasteiger partial charge in [-0.2, -0.15) is 0 Å². The molecule has 0 radical (unpaired) electrons. The number of nitrogens with one attached hydrogen (secondary N) is 1. The van der Waals surface area contributed by atoms with Crippen LogP contribution >= 0.6 is 23.2 Å². The van der Waals surface area contributed by atoms with Crippen molar-refractivity contribution in [1.82, 2.24) is 19.9 Å². The van der Waals surface area contributed by atoms with Gasteiger partial charge in [-0.3, -0.25) is 24.1 Å². The normalized spacial score (nSPS) is 14.6. The van der Waals surface area contributed by atoms with Crippen molar-refractivity contribution < 1.29 is 23.6 Å². The number of primary amides is 1. The smallest absolute Gasteiger partial charge is 0.251 e. The Hall–Kier alpha value is -4.03. The maximum absolute atomic E-state index is 14.1. The molecular formula is C23H20Cl2FN7O4. The lowest BCUT2D eigenvalue weighted by Gasteiger charge is -2.38. The van der Waals surface area contributed by atoms with Gasteiger partial charge in [0.15, 0.2) is 5.15 Å². The Bertz CT molecular complexity index is 1410. The molecule has 1 aliphatic rings. The van der Waals surface area contributed by atoms with Crippen molar-refractivity contribution in [2.24, 2.45) is 5.73 Å². The van der Waals surface area contributed by atoms with Crippen LogP contribution in [0.2, 0.25) is 10.2 Å². The lowest BCUT2D eigenvalue weighted by molar-refractivity contribution is -0.144. The van der Waals surface area contributed by atoms with Gasteiger partial charge in [-0.25, -0.2) is 9.07 Å². The molecule has 1 unspecified atom stereocenters. The minimum absolute atomic E-state index is 0.0680. The summed E-state index contributed by atoms with van der Waals surface area (Å²) in [6.07, 6.45) is 1.62. The number of rotatable bonds is 7. The molecule has 192 valence electrons. The molecule has 0 bridgehead atoms. The molecule has 11 nitrogen and oxygen atoms in total. The molecule has 0 aliphatic carbocycles. The lowest BCUT2D eigenvalue weighted by Crippen LogP contribution is -2.59. The van der Waals surface area contributed by atoms with Gasteiger partial charge in [0.1, 0.15) is 24.9 Å². The predicted octanol–water partition coefficient (Wildman–Crippen LogP) is 2.40. The van der Waals surface area contributed by atoms with Crippen molar-refractivity contribution in [1.29, 1.82) is 0 Å². The predicted molar refractivity (Wildman–Crippen MR) is 133 cm³/mol. The number of piperazine rings is 1. The maximum Gasteiger partial charge on any atom is 0.251 e. The quantitative estimate of drug-likeness (QED) is 0.464. The van der Waals surface area contributed by atoms with Crippen LogP contribution in [0.3, 0.4) is 0 Å². The molecule has 3 N–H and O–H groups in total. The molecule has 2 aromatic carbocycles. The monoisotopic (exact) mass is 547 g/mol. The maximum atomic E-state index is 14.1. The molecule has 14 heteroatoms. The molecule has 1 aromatic heterocycles. The van der Waals surface area contributed by atoms with Crippen LogP contribution in [0.4, 0.5) is 15.8 Å². The molecular weight excluding hydrogens is 528 g/mol. The SMILES string of the molecule is CCC(C(=O)Nc1ccc(C(N)=O)c(F)c1)N1CC(=O)N(c2cc(Cl)ccc2-n2cc(Cl)nn2)CC1=O. The fraction of sp³-hybridized carbons (Fsp3) is 0.217. The van der Waals surface area contributed by atoms with Crippen LogP contribution < -0.4 is 16.0 Å². The Morgan fingerprint density at radius 2 is 1.86 bits per heavy atom. The van der Waals surface area contributed by atoms with Gasteiger partial charge >= 0.3 is 0 Å². The average Bonchev–Trinajstić information content (AvgIpc) is 3.27. The van der Waals surface area contributed by atoms with Crippen molar-refractivity contribution in [3.05, 3.63) is 64.2 Å². The molecule has 2 heterocycles. The number of carbonyl (C=O) groups is 4. The highest BCUT2D eigenvalue weighted by molar-refractivity contribution is 6.31. The van der Waals surface area contributed by atoms with E-state index in [0.29, 0.717) is 16.4 Å². The number of nitrogens with zero attached hydrogens (tertiary/aromatic N) is 5. The summed E-state index contributed by atoms with van der Waals surface area (Å²) < 4.78 is 15.4. The third kappa shape index (κ3) is 5.39. The second-order valence-corrected chi connectivity index (χ2v) is 8.92. The number of benzene rings is 2. The zero-order chi connectivity index (χ0) is 26.9. The van der Waals surface area contributed by atoms with E-state index in [9.17, 15) is 23.6 Å². The number of aromatic nitrogens is 3. The fourth-order valence-electron chi connectivity index (χ4n) is 3.97. The molecule has 0 saturated carbocycles. The zero-order valence-electron chi connectivity index (χ0n) is 19.3. The first-order chi connectivity index (χ1) is 17.6. The summed E-state index contributed by atoms with van der Waals surface area (Å²) in [5.74, 6) is -3.41. The van der Waals surface area contributed by atoms with Crippen molar-refractivity contribution in [2.45, 2.75) is 19.4 Å². The standard InChI is InChI=1S/C23H20Cl2FN7O4/c1-2-16(23(37)28-13-4-5-14(22(27)36)15(26)8-13)31-10-21(35)32(11-20(31)34)18-7-12(24)3-6-17(18)33-9-19(25)29-30-33/h3-9,16H,2,10-11H2,1H3,(H2,27,36)(H,28,37). The first kappa shape index (κ1) is 26.0. The van der Waals surface area contributed by atoms with Crippen LogP contribution in [0.25, 0.3) is 5.69 Å². The van der Waals surface area contributed by atoms with Crippen LogP contribution in [0.15, 0.2) is 42.6 Å². The minimum Gasteiger partial charge on any atom is -0.366 e. The van der Waals surface area contributed by atoms with Gasteiger partial charge < -0.3 is 16.0 Å². The zero-order valence-corrected chi connectivity index (χ0v) is 20.8. The summed E-state index contributed by atoms with van der Waals surface area (Å²) >= 11 is 12.0. The van der Waals surface area contributed by atoms with E-state index in [1.54, 1.807) is 19.1 Å². The molecule has 3 aromatic rings. The topological polar surface area (TPSA) is 144 Å². The number of hydrogen-bond donors (Lipinski definition) is 2. The third-order valence-corrected chi connectivity index (χ3v) is 6.14. The average molecular weight is 548 g/mol. The van der Waals surface area contributed by atoms with E-state index in [2.05, 4.69) is 15.6 Å². The molecule has 4 rings (SSSR count). The molecule has 1 aliphatic heterocycles. The first-order valence-corrected chi connectivity index (χ1v) is 11.7. The number of anilines is 2. The van der Waals surface area contributed by atoms with E-state index in [4.69, 9.17) is 28.9 Å². The minimum atomic E-state index is -1.01. The summed E-state index contributed by atoms with van der Waals surface area (Å²) in [7, 11) is 0. The van der Waals surface area contributed by atoms with Crippen molar-refractivity contribution in [3.8, 4) is 5.69 Å². The summed E-state index contributed by atoms with van der Waals surface area (Å²) in [5.41, 5.74) is 5.58. The largest absolute Gasteiger partial charge is 0.366 e. The number of nitrogens with two attached hydrogens (primary N) is 1. The lowest BCUT2D eigenvalue weighted by atomic mass is 10.1. The van der Waals surface area contributed by atoms with Crippen LogP contribution in [-0.4, -0.2) is 62.7 Å². The highest BCUT2D eigenvalue weighted by atomic mass is 35.5. The van der Waals surface area contributed by atoms with E-state index in [0.717, 1.165) is 12.1 Å². The Morgan fingerprint density at radius 1 is 1.11 bits per heavy atom. The van der Waals surface area contributed by atoms with Gasteiger partial charge in [0.05, 0.1) is 23.1 Å². The Labute approximate surface area is 219 Å². The van der Waals surface area contributed by atoms with Gasteiger partial charge in [-0.05, 0) is 42.8 Å². The second kappa shape index (κ2) is 10.5. The Kier molecular flexibility index (Phi) is 7.41. The molecule has 1 fully saturated rings. The third-order valence-electron chi connectivity index (χ3n) is 5.73. The van der Waals surface area contributed by atoms with Crippen molar-refractivity contribution >= 4 is 58.2 Å². The van der Waals surface area contributed by atoms with Crippen molar-refractivity contribution in [3.63, 3.8) is 0 Å². The van der Waals surface area contributed by atoms with E-state index >= 15 is 0 Å². The fourth-order valence-corrected chi connectivity index (χ4v) is 4.26. The van der Waals surface area contributed by atoms with Crippen LogP contribution in [-0.2, 0) is 14.4 Å². The van der Waals surface area contributed by atoms with E-state index in [-0.39, 0.29) is 35.9 Å². The van der Waals surface area contributed by atoms with Gasteiger partial charge in [-0.1, -0.05) is 35.3 Å². The molecule has 4 amide bonds. The van der Waals surface area contributed by atoms with E-state index in [1.165, 1.54) is 32.8 Å². The van der Waals surface area contributed by atoms with E-state index in [1.807, 2.05) is 0 Å². The number of amides is 4. The summed E-state index contributed by atoms with van der Waals surface area (Å²) in [6.45, 7) is 0.929. The Morgan fingerprint density at radius 3 is 2.49 bits per heavy atom. The molecule has 1 atom stereocenters. The van der Waals surface area contributed by atoms with Gasteiger partial charge in [0.2, 0.25) is 17.7 Å². The van der Waals surface area contributed by atoms with Gasteiger partial charge in [-0.15, -0.1) is 5.10 Å². The van der Waals surface area contributed by atoms with Crippen LogP contribution in [0.1, 0.15) is 23.7 Å². The number of hydrogen-bond acceptors (Lipinski definition) is 6. The number of carbonyl (C=O) groups excluding carboxylic acids is 4. The van der Waals surface area contributed by atoms with Gasteiger partial charge in [0, 0.05) is 10.7 Å². The summed E-state index contributed by atoms with van der Waals surface area (Å²) in [6, 6.07) is 7.12. The number of halogens is 3. The Balaban J connectivity index is 1.54. The van der Waals surface area contributed by atoms with Crippen LogP contribution in [0, 0.1) is 5.82 Å². The first-order valence-electron chi connectivity index (χ1n) is 11.0. The highest BCUT2D eigenvalue weighted by Gasteiger charge is 2.38. The molecule has 37 heavy (non-hydrogen) atoms.